The molecule has 1 fully saturated rings. The molecule has 0 spiro atoms. The number of rotatable bonds is 5. The first-order chi connectivity index (χ1) is 11.6. The standard InChI is InChI=1S/C17H13NO4S2/c19-15-14(10-12-7-4-8-22-12)24-17(23)18(15)13(16(20)21)9-11-5-2-1-3-6-11/h1-8,10,13H,9H2,(H,20,21)/b14-10+. The maximum Gasteiger partial charge on any atom is 0.327 e. The lowest BCUT2D eigenvalue weighted by Gasteiger charge is -2.23. The first-order valence-electron chi connectivity index (χ1n) is 7.13. The van der Waals surface area contributed by atoms with Crippen LogP contribution in [0.1, 0.15) is 11.3 Å². The van der Waals surface area contributed by atoms with Crippen LogP contribution in [-0.4, -0.2) is 32.2 Å². The third-order valence-electron chi connectivity index (χ3n) is 3.51. The molecule has 1 aliphatic heterocycles. The number of carboxylic acids is 1. The molecule has 1 amide bonds. The number of benzene rings is 1. The summed E-state index contributed by atoms with van der Waals surface area (Å²) in [7, 11) is 0. The van der Waals surface area contributed by atoms with Gasteiger partial charge in [-0.25, -0.2) is 4.79 Å². The van der Waals surface area contributed by atoms with Gasteiger partial charge in [-0.3, -0.25) is 9.69 Å². The van der Waals surface area contributed by atoms with Gasteiger partial charge < -0.3 is 9.52 Å². The van der Waals surface area contributed by atoms with Crippen LogP contribution in [-0.2, 0) is 16.0 Å². The van der Waals surface area contributed by atoms with Gasteiger partial charge in [0, 0.05) is 12.5 Å². The zero-order valence-electron chi connectivity index (χ0n) is 12.4. The fraction of sp³-hybridized carbons (Fsp3) is 0.118. The van der Waals surface area contributed by atoms with Gasteiger partial charge in [-0.2, -0.15) is 0 Å². The molecule has 1 unspecified atom stereocenters. The van der Waals surface area contributed by atoms with E-state index in [0.717, 1.165) is 17.3 Å². The average Bonchev–Trinajstić information content (AvgIpc) is 3.16. The maximum atomic E-state index is 12.6. The molecule has 3 rings (SSSR count). The maximum absolute atomic E-state index is 12.6. The third-order valence-corrected chi connectivity index (χ3v) is 4.84. The summed E-state index contributed by atoms with van der Waals surface area (Å²) in [4.78, 5) is 25.9. The van der Waals surface area contributed by atoms with E-state index < -0.39 is 17.9 Å². The van der Waals surface area contributed by atoms with Gasteiger partial charge in [-0.15, -0.1) is 0 Å². The summed E-state index contributed by atoms with van der Waals surface area (Å²) >= 11 is 6.32. The van der Waals surface area contributed by atoms with Crippen molar-refractivity contribution in [2.24, 2.45) is 0 Å². The lowest BCUT2D eigenvalue weighted by Crippen LogP contribution is -2.45. The number of furan rings is 1. The van der Waals surface area contributed by atoms with Crippen molar-refractivity contribution in [2.45, 2.75) is 12.5 Å². The van der Waals surface area contributed by atoms with Crippen LogP contribution in [0.3, 0.4) is 0 Å². The molecule has 0 saturated carbocycles. The van der Waals surface area contributed by atoms with Crippen molar-refractivity contribution in [1.82, 2.24) is 4.90 Å². The lowest BCUT2D eigenvalue weighted by atomic mass is 10.0. The number of amides is 1. The molecule has 1 aromatic heterocycles. The van der Waals surface area contributed by atoms with E-state index in [1.54, 1.807) is 18.2 Å². The van der Waals surface area contributed by atoms with E-state index in [4.69, 9.17) is 16.6 Å². The molecule has 0 bridgehead atoms. The molecule has 24 heavy (non-hydrogen) atoms. The van der Waals surface area contributed by atoms with Crippen LogP contribution in [0.25, 0.3) is 6.08 Å². The van der Waals surface area contributed by atoms with Crippen LogP contribution in [0.5, 0.6) is 0 Å². The van der Waals surface area contributed by atoms with E-state index in [-0.39, 0.29) is 10.7 Å². The van der Waals surface area contributed by atoms with Crippen molar-refractivity contribution in [1.29, 1.82) is 0 Å². The first-order valence-corrected chi connectivity index (χ1v) is 8.36. The van der Waals surface area contributed by atoms with E-state index in [1.807, 2.05) is 30.3 Å². The van der Waals surface area contributed by atoms with Crippen molar-refractivity contribution in [2.75, 3.05) is 0 Å². The van der Waals surface area contributed by atoms with Crippen LogP contribution in [0.15, 0.2) is 58.1 Å². The molecule has 5 nitrogen and oxygen atoms in total. The number of nitrogens with zero attached hydrogens (tertiary/aromatic N) is 1. The Bertz CT molecular complexity index is 799. The second-order valence-corrected chi connectivity index (χ2v) is 6.79. The Hall–Kier alpha value is -2.38. The molecular formula is C17H13NO4S2. The molecule has 1 N–H and O–H groups in total. The van der Waals surface area contributed by atoms with Crippen LogP contribution in [0.4, 0.5) is 0 Å². The molecule has 2 heterocycles. The second kappa shape index (κ2) is 7.02. The number of aliphatic carboxylic acids is 1. The minimum atomic E-state index is -1.09. The minimum absolute atomic E-state index is 0.191. The number of carbonyl (C=O) groups is 2. The minimum Gasteiger partial charge on any atom is -0.480 e. The van der Waals surface area contributed by atoms with Crippen molar-refractivity contribution < 1.29 is 19.1 Å². The predicted molar refractivity (Wildman–Crippen MR) is 95.3 cm³/mol. The molecular weight excluding hydrogens is 346 g/mol. The van der Waals surface area contributed by atoms with E-state index in [9.17, 15) is 14.7 Å². The van der Waals surface area contributed by atoms with Gasteiger partial charge in [-0.05, 0) is 17.7 Å². The molecule has 7 heteroatoms. The number of thiocarbonyl (C=S) groups is 1. The number of hydrogen-bond acceptors (Lipinski definition) is 5. The zero-order valence-corrected chi connectivity index (χ0v) is 14.0. The van der Waals surface area contributed by atoms with Crippen LogP contribution in [0.2, 0.25) is 0 Å². The fourth-order valence-electron chi connectivity index (χ4n) is 2.38. The van der Waals surface area contributed by atoms with Crippen molar-refractivity contribution in [3.63, 3.8) is 0 Å². The fourth-order valence-corrected chi connectivity index (χ4v) is 3.71. The molecule has 1 saturated heterocycles. The van der Waals surface area contributed by atoms with Gasteiger partial charge in [0.2, 0.25) is 0 Å². The average molecular weight is 359 g/mol. The Morgan fingerprint density at radius 2 is 2.04 bits per heavy atom. The van der Waals surface area contributed by atoms with Gasteiger partial charge in [0.05, 0.1) is 11.2 Å². The quantitative estimate of drug-likeness (QED) is 0.653. The van der Waals surface area contributed by atoms with E-state index in [1.165, 1.54) is 11.2 Å². The Balaban J connectivity index is 1.87. The number of carbonyl (C=O) groups excluding carboxylic acids is 1. The lowest BCUT2D eigenvalue weighted by molar-refractivity contribution is -0.145. The summed E-state index contributed by atoms with van der Waals surface area (Å²) < 4.78 is 5.43. The Kier molecular flexibility index (Phi) is 4.82. The first kappa shape index (κ1) is 16.5. The Morgan fingerprint density at radius 1 is 1.29 bits per heavy atom. The van der Waals surface area contributed by atoms with Gasteiger partial charge in [0.25, 0.3) is 5.91 Å². The van der Waals surface area contributed by atoms with Gasteiger partial charge in [-0.1, -0.05) is 54.3 Å². The predicted octanol–water partition coefficient (Wildman–Crippen LogP) is 3.18. The third kappa shape index (κ3) is 3.42. The largest absolute Gasteiger partial charge is 0.480 e. The molecule has 0 radical (unpaired) electrons. The number of carboxylic acid groups (broad SMARTS) is 1. The molecule has 1 aromatic carbocycles. The Morgan fingerprint density at radius 3 is 2.67 bits per heavy atom. The summed E-state index contributed by atoms with van der Waals surface area (Å²) in [5.74, 6) is -0.982. The summed E-state index contributed by atoms with van der Waals surface area (Å²) in [5.41, 5.74) is 0.828. The van der Waals surface area contributed by atoms with E-state index in [0.29, 0.717) is 10.7 Å². The normalized spacial score (nSPS) is 17.5. The van der Waals surface area contributed by atoms with Crippen molar-refractivity contribution in [3.05, 3.63) is 65.0 Å². The molecule has 2 aromatic rings. The van der Waals surface area contributed by atoms with E-state index >= 15 is 0 Å². The van der Waals surface area contributed by atoms with Crippen LogP contribution in [0, 0.1) is 0 Å². The highest BCUT2D eigenvalue weighted by atomic mass is 32.2. The molecule has 1 aliphatic rings. The highest BCUT2D eigenvalue weighted by Gasteiger charge is 2.40. The van der Waals surface area contributed by atoms with Gasteiger partial charge >= 0.3 is 5.97 Å². The number of hydrogen-bond donors (Lipinski definition) is 1. The van der Waals surface area contributed by atoms with Gasteiger partial charge in [0.15, 0.2) is 0 Å². The number of thioether (sulfide) groups is 1. The summed E-state index contributed by atoms with van der Waals surface area (Å²) in [6.45, 7) is 0. The highest BCUT2D eigenvalue weighted by Crippen LogP contribution is 2.34. The van der Waals surface area contributed by atoms with Crippen LogP contribution < -0.4 is 0 Å². The Labute approximate surface area is 148 Å². The summed E-state index contributed by atoms with van der Waals surface area (Å²) in [6.07, 6.45) is 3.26. The smallest absolute Gasteiger partial charge is 0.327 e. The van der Waals surface area contributed by atoms with Crippen molar-refractivity contribution in [3.8, 4) is 0 Å². The van der Waals surface area contributed by atoms with Crippen LogP contribution >= 0.6 is 24.0 Å². The monoisotopic (exact) mass is 359 g/mol. The molecule has 1 atom stereocenters. The van der Waals surface area contributed by atoms with E-state index in [2.05, 4.69) is 0 Å². The zero-order chi connectivity index (χ0) is 17.1. The second-order valence-electron chi connectivity index (χ2n) is 5.11. The molecule has 0 aliphatic carbocycles. The summed E-state index contributed by atoms with van der Waals surface area (Å²) in [5, 5.41) is 9.57. The SMILES string of the molecule is O=C(O)C(Cc1ccccc1)N1C(=O)/C(=C\c2ccco2)SC1=S. The molecule has 122 valence electrons. The topological polar surface area (TPSA) is 70.8 Å². The van der Waals surface area contributed by atoms with Gasteiger partial charge in [0.1, 0.15) is 16.1 Å². The van der Waals surface area contributed by atoms with Crippen molar-refractivity contribution >= 4 is 46.3 Å². The highest BCUT2D eigenvalue weighted by molar-refractivity contribution is 8.26. The summed E-state index contributed by atoms with van der Waals surface area (Å²) in [6, 6.07) is 11.5.